The van der Waals surface area contributed by atoms with Crippen LogP contribution in [0.25, 0.3) is 0 Å². The van der Waals surface area contributed by atoms with E-state index in [1.165, 1.54) is 47.2 Å². The molecule has 0 radical (unpaired) electrons. The number of nitrogens with zero attached hydrogens (tertiary/aromatic N) is 3. The number of phenols is 2. The highest BCUT2D eigenvalue weighted by Crippen LogP contribution is 2.44. The quantitative estimate of drug-likeness (QED) is 0.0433. The van der Waals surface area contributed by atoms with Crippen LogP contribution < -0.4 is 19.9 Å². The number of benzene rings is 8. The molecule has 8 aromatic rings. The minimum Gasteiger partial charge on any atom is -0.508 e. The molecule has 8 aromatic carbocycles. The van der Waals surface area contributed by atoms with E-state index < -0.39 is 14.8 Å². The van der Waals surface area contributed by atoms with Gasteiger partial charge in [-0.2, -0.15) is 0 Å². The Kier molecular flexibility index (Phi) is 30.6. The number of non-ortho nitro benzene ring substituents is 3. The predicted molar refractivity (Wildman–Crippen MR) is 393 cm³/mol. The van der Waals surface area contributed by atoms with Crippen LogP contribution in [0.15, 0.2) is 152 Å². The second-order valence-corrected chi connectivity index (χ2v) is 30.2. The molecule has 0 aliphatic heterocycles. The van der Waals surface area contributed by atoms with E-state index in [0.717, 1.165) is 70.0 Å². The van der Waals surface area contributed by atoms with Crippen molar-refractivity contribution >= 4 is 117 Å². The van der Waals surface area contributed by atoms with E-state index in [9.17, 15) is 35.4 Å². The van der Waals surface area contributed by atoms with Gasteiger partial charge in [0.2, 0.25) is 0 Å². The van der Waals surface area contributed by atoms with Gasteiger partial charge in [-0.1, -0.05) is 183 Å². The van der Waals surface area contributed by atoms with Crippen molar-refractivity contribution in [3.8, 4) is 28.7 Å². The monoisotopic (exact) mass is 1440 g/mol. The van der Waals surface area contributed by atoms with Crippen LogP contribution in [0.3, 0.4) is 0 Å². The van der Waals surface area contributed by atoms with Crippen LogP contribution >= 0.6 is 94.2 Å². The predicted octanol–water partition coefficient (Wildman–Crippen LogP) is 23.1. The van der Waals surface area contributed by atoms with Gasteiger partial charge in [-0.3, -0.25) is 30.3 Å². The number of hydrogen-bond donors (Lipinski definition) is 4. The van der Waals surface area contributed by atoms with Crippen LogP contribution in [0.5, 0.6) is 28.7 Å². The van der Waals surface area contributed by atoms with Gasteiger partial charge in [0.15, 0.2) is 0 Å². The molecule has 0 atom stereocenters. The highest BCUT2D eigenvalue weighted by Gasteiger charge is 2.24. The molecule has 0 bridgehead atoms. The fraction of sp³-hybridized carbons (Fsp3) is 0.324. The van der Waals surface area contributed by atoms with E-state index in [2.05, 4.69) is 120 Å². The third-order valence-corrected chi connectivity index (χ3v) is 18.4. The molecule has 23 heteroatoms. The van der Waals surface area contributed by atoms with Gasteiger partial charge in [0.25, 0.3) is 17.1 Å². The number of aryl methyl sites for hydroxylation is 4. The van der Waals surface area contributed by atoms with E-state index in [-0.39, 0.29) is 54.5 Å². The van der Waals surface area contributed by atoms with Crippen LogP contribution in [-0.2, 0) is 21.7 Å². The summed E-state index contributed by atoms with van der Waals surface area (Å²) >= 11 is 36.9. The number of thiol groups is 1. The number of nitro groups is 3. The summed E-state index contributed by atoms with van der Waals surface area (Å²) in [4.78, 5) is 35.0. The molecule has 0 spiro atoms. The number of phenolic OH excluding ortho intramolecular Hbond substituents is 2. The maximum atomic E-state index is 10.9. The van der Waals surface area contributed by atoms with Gasteiger partial charge in [-0.15, -0.1) is 12.6 Å². The number of nitro benzene ring substituents is 3. The fourth-order valence-electron chi connectivity index (χ4n) is 8.77. The number of aromatic hydroxyl groups is 2. The highest BCUT2D eigenvalue weighted by molar-refractivity contribution is 7.99. The number of hydrogen-bond acceptors (Lipinski definition) is 15. The van der Waals surface area contributed by atoms with E-state index in [0.29, 0.717) is 37.6 Å². The third-order valence-electron chi connectivity index (χ3n) is 13.6. The number of halogens is 5. The average molecular weight is 1440 g/mol. The summed E-state index contributed by atoms with van der Waals surface area (Å²) in [5.41, 5.74) is 13.8. The number of methoxy groups -OCH3 is 3. The maximum Gasteiger partial charge on any atom is 0.271 e. The lowest BCUT2D eigenvalue weighted by molar-refractivity contribution is -0.385. The molecule has 0 fully saturated rings. The molecule has 0 heterocycles. The zero-order valence-corrected chi connectivity index (χ0v) is 62.6. The SMILES string of the molecule is CC(C)(C)c1ccccc1O.COc1ccc(S)cc1C(C)(C)C.COc1ccc(Sc2c(C)cc(N)cc2Cl)cc1C(C)(C)C.COc1ccc(Sc2c(C)cc([N+](=O)[O-])cc2Cl)cc1C(C)(C)C.Cc1cc([N+](=O)[O-])cc(Cl)c1Cl.Cc1cc([N+](=O)[O-])cc(Cl)c1O. The molecule has 506 valence electrons. The number of ether oxygens (including phenoxy) is 3. The Morgan fingerprint density at radius 1 is 0.436 bits per heavy atom. The van der Waals surface area contributed by atoms with E-state index in [1.807, 2.05) is 68.4 Å². The number of nitrogens with two attached hydrogens (primary N) is 1. The van der Waals surface area contributed by atoms with E-state index in [1.54, 1.807) is 65.1 Å². The van der Waals surface area contributed by atoms with Crippen molar-refractivity contribution < 1.29 is 39.2 Å². The third kappa shape index (κ3) is 24.5. The molecular formula is C71H83Cl5N4O11S3. The Bertz CT molecular complexity index is 3820. The first-order chi connectivity index (χ1) is 43.4. The highest BCUT2D eigenvalue weighted by atomic mass is 35.5. The van der Waals surface area contributed by atoms with Crippen molar-refractivity contribution in [2.45, 2.75) is 157 Å². The molecule has 0 saturated heterocycles. The summed E-state index contributed by atoms with van der Waals surface area (Å²) < 4.78 is 16.2. The second kappa shape index (κ2) is 35.3. The fourth-order valence-corrected chi connectivity index (χ4v) is 12.2. The summed E-state index contributed by atoms with van der Waals surface area (Å²) in [5.74, 6) is 2.97. The topological polar surface area (TPSA) is 224 Å². The van der Waals surface area contributed by atoms with Gasteiger partial charge in [-0.05, 0) is 150 Å². The van der Waals surface area contributed by atoms with Gasteiger partial charge < -0.3 is 30.2 Å². The lowest BCUT2D eigenvalue weighted by atomic mass is 9.86. The van der Waals surface area contributed by atoms with Gasteiger partial charge in [-0.25, -0.2) is 0 Å². The normalized spacial score (nSPS) is 11.1. The van der Waals surface area contributed by atoms with Gasteiger partial charge >= 0.3 is 0 Å². The minimum absolute atomic E-state index is 0.00157. The zero-order chi connectivity index (χ0) is 71.7. The molecule has 0 aliphatic rings. The summed E-state index contributed by atoms with van der Waals surface area (Å²) in [6, 6.07) is 37.3. The molecule has 0 aromatic heterocycles. The first kappa shape index (κ1) is 81.5. The Labute approximate surface area is 591 Å². The van der Waals surface area contributed by atoms with Crippen molar-refractivity contribution in [1.82, 2.24) is 0 Å². The number of anilines is 1. The van der Waals surface area contributed by atoms with E-state index in [4.69, 9.17) is 83.1 Å². The van der Waals surface area contributed by atoms with Crippen LogP contribution in [-0.4, -0.2) is 46.3 Å². The van der Waals surface area contributed by atoms with Crippen LogP contribution in [0.2, 0.25) is 25.1 Å². The van der Waals surface area contributed by atoms with Crippen molar-refractivity contribution in [1.29, 1.82) is 0 Å². The molecule has 4 N–H and O–H groups in total. The zero-order valence-electron chi connectivity index (χ0n) is 56.3. The summed E-state index contributed by atoms with van der Waals surface area (Å²) in [6.07, 6.45) is 0. The van der Waals surface area contributed by atoms with E-state index >= 15 is 0 Å². The molecular weight excluding hydrogens is 1360 g/mol. The lowest BCUT2D eigenvalue weighted by Crippen LogP contribution is -2.12. The van der Waals surface area contributed by atoms with Crippen molar-refractivity contribution in [3.63, 3.8) is 0 Å². The molecule has 0 amide bonds. The summed E-state index contributed by atoms with van der Waals surface area (Å²) in [5, 5.41) is 51.8. The Morgan fingerprint density at radius 2 is 0.787 bits per heavy atom. The van der Waals surface area contributed by atoms with Crippen LogP contribution in [0.4, 0.5) is 22.7 Å². The first-order valence-electron chi connectivity index (χ1n) is 29.0. The van der Waals surface area contributed by atoms with Crippen LogP contribution in [0.1, 0.15) is 128 Å². The molecule has 15 nitrogen and oxygen atoms in total. The molecule has 0 aliphatic carbocycles. The Hall–Kier alpha value is -6.74. The first-order valence-corrected chi connectivity index (χ1v) is 33.0. The van der Waals surface area contributed by atoms with Gasteiger partial charge in [0.1, 0.15) is 28.7 Å². The average Bonchev–Trinajstić information content (AvgIpc) is 0.819. The smallest absolute Gasteiger partial charge is 0.271 e. The minimum atomic E-state index is -0.557. The largest absolute Gasteiger partial charge is 0.508 e. The lowest BCUT2D eigenvalue weighted by Gasteiger charge is -2.23. The number of rotatable bonds is 10. The molecule has 94 heavy (non-hydrogen) atoms. The van der Waals surface area contributed by atoms with Crippen molar-refractivity contribution in [2.24, 2.45) is 0 Å². The summed E-state index contributed by atoms with van der Waals surface area (Å²) in [7, 11) is 5.07. The van der Waals surface area contributed by atoms with Gasteiger partial charge in [0.05, 0.1) is 61.2 Å². The maximum absolute atomic E-state index is 10.9. The Morgan fingerprint density at radius 3 is 1.14 bits per heavy atom. The number of para-hydroxylation sites is 1. The summed E-state index contributed by atoms with van der Waals surface area (Å²) in [6.45, 7) is 32.8. The van der Waals surface area contributed by atoms with Crippen molar-refractivity contribution in [2.75, 3.05) is 27.1 Å². The van der Waals surface area contributed by atoms with Crippen LogP contribution in [0, 0.1) is 58.0 Å². The standard InChI is InChI=1S/C18H20ClNO3S.C18H22ClNOS.C11H16OS.C10H14O.C7H5Cl2NO2.C7H6ClNO3/c1-11-8-12(20(21)22)9-15(19)17(11)24-13-6-7-16(23-5)14(10-13)18(2,3)4;1-11-8-12(20)9-15(19)17(11)22-13-6-7-16(21-5)14(10-13)18(2,3)4;1-11(2,3)9-7-8(13)5-6-10(9)12-4;1-10(2,3)8-6-4-5-7-9(8)11;1-4-2-5(10(11)12)3-6(8)7(4)9;1-4-2-5(9(11)12)3-6(8)7(4)10/h6-10H,1-5H3;6-10H,20H2,1-5H3;5-7,13H,1-4H3;4-7,11H,1-3H3;2-3H,1H3;2-3,10H,1H3. The molecule has 8 rings (SSSR count). The second-order valence-electron chi connectivity index (χ2n) is 25.5. The number of nitrogen functional groups attached to an aromatic ring is 1. The van der Waals surface area contributed by atoms with Gasteiger partial charge in [0, 0.05) is 83.3 Å². The molecule has 0 unspecified atom stereocenters. The van der Waals surface area contributed by atoms with Crippen molar-refractivity contribution in [3.05, 3.63) is 227 Å². The Balaban J connectivity index is 0.000000303. The molecule has 0 saturated carbocycles.